The van der Waals surface area contributed by atoms with Gasteiger partial charge in [0.1, 0.15) is 0 Å². The number of nitrogens with one attached hydrogen (secondary N) is 3. The highest BCUT2D eigenvalue weighted by Crippen LogP contribution is 2.33. The van der Waals surface area contributed by atoms with Crippen molar-refractivity contribution in [2.75, 3.05) is 13.1 Å². The number of amides is 1. The van der Waals surface area contributed by atoms with Gasteiger partial charge in [-0.2, -0.15) is 0 Å². The van der Waals surface area contributed by atoms with Crippen LogP contribution in [0.1, 0.15) is 32.1 Å². The van der Waals surface area contributed by atoms with Gasteiger partial charge in [-0.25, -0.2) is 13.1 Å². The van der Waals surface area contributed by atoms with E-state index in [4.69, 9.17) is 0 Å². The lowest BCUT2D eigenvalue weighted by Crippen LogP contribution is -2.45. The molecule has 10 heteroatoms. The summed E-state index contributed by atoms with van der Waals surface area (Å²) < 4.78 is 26.8. The first-order valence-corrected chi connectivity index (χ1v) is 10.6. The van der Waals surface area contributed by atoms with E-state index in [9.17, 15) is 23.3 Å². The van der Waals surface area contributed by atoms with Crippen LogP contribution in [0.4, 0.5) is 5.69 Å². The van der Waals surface area contributed by atoms with Gasteiger partial charge >= 0.3 is 0 Å². The van der Waals surface area contributed by atoms with Gasteiger partial charge in [-0.15, -0.1) is 0 Å². The van der Waals surface area contributed by atoms with Crippen molar-refractivity contribution in [1.82, 2.24) is 15.4 Å². The average Bonchev–Trinajstić information content (AvgIpc) is 3.09. The first-order chi connectivity index (χ1) is 12.9. The molecule has 1 saturated carbocycles. The Morgan fingerprint density at radius 2 is 2.04 bits per heavy atom. The maximum absolute atomic E-state index is 12.3. The first kappa shape index (κ1) is 19.7. The van der Waals surface area contributed by atoms with Gasteiger partial charge < -0.3 is 10.6 Å². The quantitative estimate of drug-likeness (QED) is 0.357. The molecule has 0 aromatic heterocycles. The molecule has 0 spiro atoms. The summed E-state index contributed by atoms with van der Waals surface area (Å²) in [5.41, 5.74) is -0.292. The molecule has 1 heterocycles. The van der Waals surface area contributed by atoms with Gasteiger partial charge in [-0.05, 0) is 31.2 Å². The lowest BCUT2D eigenvalue weighted by molar-refractivity contribution is -0.385. The van der Waals surface area contributed by atoms with Gasteiger partial charge in [0.15, 0.2) is 0 Å². The van der Waals surface area contributed by atoms with Crippen LogP contribution in [0.3, 0.4) is 0 Å². The summed E-state index contributed by atoms with van der Waals surface area (Å²) in [5.74, 6) is 0.445. The second kappa shape index (κ2) is 8.32. The van der Waals surface area contributed by atoms with E-state index in [2.05, 4.69) is 15.4 Å². The fourth-order valence-corrected chi connectivity index (χ4v) is 4.93. The summed E-state index contributed by atoms with van der Waals surface area (Å²) >= 11 is 0. The number of nitro benzene ring substituents is 1. The standard InChI is InChI=1S/C17H24N4O5S/c22-17(16-10-12-4-1-2-7-15(12)20-16)18-8-9-19-27(25,26)14-6-3-5-13(11-14)21(23)24/h3,5-6,11-12,15-16,19-20H,1-2,4,7-10H2,(H,18,22). The van der Waals surface area contributed by atoms with E-state index in [1.165, 1.54) is 31.0 Å². The average molecular weight is 396 g/mol. The first-order valence-electron chi connectivity index (χ1n) is 9.15. The van der Waals surface area contributed by atoms with Crippen molar-refractivity contribution in [2.45, 2.75) is 49.1 Å². The van der Waals surface area contributed by atoms with Gasteiger partial charge in [0.05, 0.1) is 15.9 Å². The molecule has 1 amide bonds. The number of sulfonamides is 1. The minimum Gasteiger partial charge on any atom is -0.353 e. The molecular formula is C17H24N4O5S. The summed E-state index contributed by atoms with van der Waals surface area (Å²) in [7, 11) is -3.87. The number of rotatable bonds is 7. The molecule has 3 unspecified atom stereocenters. The van der Waals surface area contributed by atoms with E-state index in [1.54, 1.807) is 0 Å². The Morgan fingerprint density at radius 1 is 1.26 bits per heavy atom. The van der Waals surface area contributed by atoms with Crippen molar-refractivity contribution in [3.8, 4) is 0 Å². The van der Waals surface area contributed by atoms with Crippen molar-refractivity contribution in [2.24, 2.45) is 5.92 Å². The zero-order valence-electron chi connectivity index (χ0n) is 14.9. The van der Waals surface area contributed by atoms with Crippen LogP contribution in [0.15, 0.2) is 29.2 Å². The number of hydrogen-bond donors (Lipinski definition) is 3. The second-order valence-corrected chi connectivity index (χ2v) is 8.82. The molecule has 9 nitrogen and oxygen atoms in total. The van der Waals surface area contributed by atoms with Crippen molar-refractivity contribution in [1.29, 1.82) is 0 Å². The van der Waals surface area contributed by atoms with E-state index < -0.39 is 14.9 Å². The van der Waals surface area contributed by atoms with E-state index in [-0.39, 0.29) is 35.6 Å². The monoisotopic (exact) mass is 396 g/mol. The number of carbonyl (C=O) groups excluding carboxylic acids is 1. The number of fused-ring (bicyclic) bond motifs is 1. The molecule has 1 aromatic rings. The van der Waals surface area contributed by atoms with Crippen LogP contribution in [0.2, 0.25) is 0 Å². The summed E-state index contributed by atoms with van der Waals surface area (Å²) in [5, 5.41) is 16.9. The SMILES string of the molecule is O=C(NCCNS(=O)(=O)c1cccc([N+](=O)[O-])c1)C1CC2CCCCC2N1. The molecule has 1 aliphatic heterocycles. The van der Waals surface area contributed by atoms with E-state index in [1.807, 2.05) is 0 Å². The topological polar surface area (TPSA) is 130 Å². The third kappa shape index (κ3) is 4.82. The summed E-state index contributed by atoms with van der Waals surface area (Å²) in [6.45, 7) is 0.164. The van der Waals surface area contributed by atoms with E-state index in [0.29, 0.717) is 12.0 Å². The van der Waals surface area contributed by atoms with Gasteiger partial charge in [0, 0.05) is 31.3 Å². The molecule has 1 aliphatic carbocycles. The molecular weight excluding hydrogens is 372 g/mol. The lowest BCUT2D eigenvalue weighted by Gasteiger charge is -2.24. The number of benzene rings is 1. The van der Waals surface area contributed by atoms with E-state index in [0.717, 1.165) is 25.3 Å². The highest BCUT2D eigenvalue weighted by atomic mass is 32.2. The Hall–Kier alpha value is -2.04. The molecule has 1 aromatic carbocycles. The van der Waals surface area contributed by atoms with E-state index >= 15 is 0 Å². The zero-order chi connectivity index (χ0) is 19.4. The molecule has 1 saturated heterocycles. The Bertz CT molecular complexity index is 799. The number of nitro groups is 1. The predicted octanol–water partition coefficient (Wildman–Crippen LogP) is 0.910. The Morgan fingerprint density at radius 3 is 2.78 bits per heavy atom. The van der Waals surface area contributed by atoms with Crippen molar-refractivity contribution in [3.63, 3.8) is 0 Å². The lowest BCUT2D eigenvalue weighted by atomic mass is 9.85. The molecule has 0 radical (unpaired) electrons. The smallest absolute Gasteiger partial charge is 0.270 e. The second-order valence-electron chi connectivity index (χ2n) is 7.05. The van der Waals surface area contributed by atoms with Crippen LogP contribution in [-0.2, 0) is 14.8 Å². The minimum absolute atomic E-state index is 0.0103. The number of nitrogens with zero attached hydrogens (tertiary/aromatic N) is 1. The van der Waals surface area contributed by atoms with Gasteiger partial charge in [-0.3, -0.25) is 14.9 Å². The molecule has 3 rings (SSSR count). The highest BCUT2D eigenvalue weighted by Gasteiger charge is 2.37. The van der Waals surface area contributed by atoms with Crippen LogP contribution >= 0.6 is 0 Å². The van der Waals surface area contributed by atoms with Gasteiger partial charge in [0.2, 0.25) is 15.9 Å². The van der Waals surface area contributed by atoms with Crippen LogP contribution < -0.4 is 15.4 Å². The Labute approximate surface area is 158 Å². The maximum Gasteiger partial charge on any atom is 0.270 e. The normalized spacial score (nSPS) is 25.0. The molecule has 3 atom stereocenters. The van der Waals surface area contributed by atoms with Crippen LogP contribution in [0, 0.1) is 16.0 Å². The van der Waals surface area contributed by atoms with Gasteiger partial charge in [0.25, 0.3) is 5.69 Å². The van der Waals surface area contributed by atoms with Crippen molar-refractivity contribution < 1.29 is 18.1 Å². The molecule has 148 valence electrons. The molecule has 27 heavy (non-hydrogen) atoms. The molecule has 0 bridgehead atoms. The summed E-state index contributed by atoms with van der Waals surface area (Å²) in [6.07, 6.45) is 5.51. The Balaban J connectivity index is 1.46. The third-order valence-electron chi connectivity index (χ3n) is 5.23. The fraction of sp³-hybridized carbons (Fsp3) is 0.588. The summed E-state index contributed by atoms with van der Waals surface area (Å²) in [6, 6.07) is 5.04. The van der Waals surface area contributed by atoms with Crippen molar-refractivity contribution >= 4 is 21.6 Å². The molecule has 3 N–H and O–H groups in total. The largest absolute Gasteiger partial charge is 0.353 e. The molecule has 2 aliphatic rings. The summed E-state index contributed by atoms with van der Waals surface area (Å²) in [4.78, 5) is 22.2. The Kier molecular flexibility index (Phi) is 6.08. The fourth-order valence-electron chi connectivity index (χ4n) is 3.86. The molecule has 2 fully saturated rings. The van der Waals surface area contributed by atoms with Crippen LogP contribution in [0.25, 0.3) is 0 Å². The maximum atomic E-state index is 12.3. The van der Waals surface area contributed by atoms with Crippen LogP contribution in [-0.4, -0.2) is 44.4 Å². The number of hydrogen-bond acceptors (Lipinski definition) is 6. The zero-order valence-corrected chi connectivity index (χ0v) is 15.7. The van der Waals surface area contributed by atoms with Crippen molar-refractivity contribution in [3.05, 3.63) is 34.4 Å². The highest BCUT2D eigenvalue weighted by molar-refractivity contribution is 7.89. The predicted molar refractivity (Wildman–Crippen MR) is 98.6 cm³/mol. The number of non-ortho nitro benzene ring substituents is 1. The third-order valence-corrected chi connectivity index (χ3v) is 6.69. The minimum atomic E-state index is -3.87. The van der Waals surface area contributed by atoms with Crippen LogP contribution in [0.5, 0.6) is 0 Å². The van der Waals surface area contributed by atoms with Gasteiger partial charge in [-0.1, -0.05) is 18.9 Å². The number of carbonyl (C=O) groups is 1.